The predicted octanol–water partition coefficient (Wildman–Crippen LogP) is 0.853. The summed E-state index contributed by atoms with van der Waals surface area (Å²) in [5.74, 6) is 0.808. The minimum Gasteiger partial charge on any atom is -0.396 e. The Kier molecular flexibility index (Phi) is 2.14. The highest BCUT2D eigenvalue weighted by atomic mass is 16.3. The molecule has 0 amide bonds. The van der Waals surface area contributed by atoms with Gasteiger partial charge in [-0.2, -0.15) is 0 Å². The zero-order valence-electron chi connectivity index (χ0n) is 7.00. The molecule has 2 saturated heterocycles. The average Bonchev–Trinajstić information content (AvgIpc) is 2.53. The smallest absolute Gasteiger partial charge is 0.0434 e. The number of hydrogen-bond acceptors (Lipinski definition) is 2. The largest absolute Gasteiger partial charge is 0.396 e. The van der Waals surface area contributed by atoms with Crippen LogP contribution in [-0.2, 0) is 0 Å². The Morgan fingerprint density at radius 3 is 3.00 bits per heavy atom. The van der Waals surface area contributed by atoms with Crippen molar-refractivity contribution in [3.05, 3.63) is 0 Å². The van der Waals surface area contributed by atoms with Gasteiger partial charge in [0.15, 0.2) is 0 Å². The van der Waals surface area contributed by atoms with E-state index < -0.39 is 0 Å². The SMILES string of the molecule is OCCC1CCN2CCCC12. The summed E-state index contributed by atoms with van der Waals surface area (Å²) in [5.41, 5.74) is 0. The van der Waals surface area contributed by atoms with Crippen molar-refractivity contribution >= 4 is 0 Å². The topological polar surface area (TPSA) is 23.5 Å². The lowest BCUT2D eigenvalue weighted by atomic mass is 9.95. The number of aliphatic hydroxyl groups is 1. The van der Waals surface area contributed by atoms with E-state index in [1.165, 1.54) is 32.4 Å². The van der Waals surface area contributed by atoms with Crippen LogP contribution in [-0.4, -0.2) is 35.7 Å². The zero-order chi connectivity index (χ0) is 7.68. The summed E-state index contributed by atoms with van der Waals surface area (Å²) in [6, 6.07) is 0.835. The Bertz CT molecular complexity index is 136. The maximum atomic E-state index is 8.83. The fourth-order valence-electron chi connectivity index (χ4n) is 2.69. The summed E-state index contributed by atoms with van der Waals surface area (Å²) in [7, 11) is 0. The van der Waals surface area contributed by atoms with Gasteiger partial charge >= 0.3 is 0 Å². The van der Waals surface area contributed by atoms with E-state index in [4.69, 9.17) is 5.11 Å². The third-order valence-corrected chi connectivity index (χ3v) is 3.25. The highest BCUT2D eigenvalue weighted by molar-refractivity contribution is 4.90. The quantitative estimate of drug-likeness (QED) is 0.639. The van der Waals surface area contributed by atoms with Crippen molar-refractivity contribution in [2.45, 2.75) is 31.7 Å². The first-order valence-electron chi connectivity index (χ1n) is 4.76. The van der Waals surface area contributed by atoms with E-state index in [1.807, 2.05) is 0 Å². The predicted molar refractivity (Wildman–Crippen MR) is 44.4 cm³/mol. The Balaban J connectivity index is 1.92. The third-order valence-electron chi connectivity index (χ3n) is 3.25. The fraction of sp³-hybridized carbons (Fsp3) is 1.00. The van der Waals surface area contributed by atoms with E-state index in [2.05, 4.69) is 4.90 Å². The molecule has 2 heterocycles. The molecule has 0 spiro atoms. The van der Waals surface area contributed by atoms with Crippen molar-refractivity contribution in [3.63, 3.8) is 0 Å². The molecule has 0 saturated carbocycles. The van der Waals surface area contributed by atoms with Gasteiger partial charge in [0.25, 0.3) is 0 Å². The molecule has 0 aliphatic carbocycles. The lowest BCUT2D eigenvalue weighted by molar-refractivity contribution is 0.226. The monoisotopic (exact) mass is 155 g/mol. The van der Waals surface area contributed by atoms with Gasteiger partial charge in [-0.1, -0.05) is 0 Å². The number of rotatable bonds is 2. The van der Waals surface area contributed by atoms with Crippen molar-refractivity contribution in [2.75, 3.05) is 19.7 Å². The van der Waals surface area contributed by atoms with Crippen LogP contribution in [0.25, 0.3) is 0 Å². The molecule has 0 aromatic heterocycles. The fourth-order valence-corrected chi connectivity index (χ4v) is 2.69. The van der Waals surface area contributed by atoms with Crippen molar-refractivity contribution in [3.8, 4) is 0 Å². The molecule has 2 nitrogen and oxygen atoms in total. The van der Waals surface area contributed by atoms with E-state index in [1.54, 1.807) is 0 Å². The van der Waals surface area contributed by atoms with Crippen LogP contribution in [0.2, 0.25) is 0 Å². The normalized spacial score (nSPS) is 37.9. The van der Waals surface area contributed by atoms with Gasteiger partial charge in [0.2, 0.25) is 0 Å². The molecule has 0 radical (unpaired) electrons. The van der Waals surface area contributed by atoms with Crippen LogP contribution in [0, 0.1) is 5.92 Å². The molecule has 0 aromatic carbocycles. The molecule has 2 fully saturated rings. The van der Waals surface area contributed by atoms with Crippen LogP contribution < -0.4 is 0 Å². The lowest BCUT2D eigenvalue weighted by Gasteiger charge is -2.18. The average molecular weight is 155 g/mol. The molecule has 2 unspecified atom stereocenters. The van der Waals surface area contributed by atoms with Gasteiger partial charge in [-0.05, 0) is 44.7 Å². The van der Waals surface area contributed by atoms with Crippen LogP contribution in [0.15, 0.2) is 0 Å². The molecule has 2 heteroatoms. The first kappa shape index (κ1) is 7.56. The Hall–Kier alpha value is -0.0800. The number of fused-ring (bicyclic) bond motifs is 1. The van der Waals surface area contributed by atoms with Crippen LogP contribution in [0.4, 0.5) is 0 Å². The van der Waals surface area contributed by atoms with E-state index >= 15 is 0 Å². The molecular weight excluding hydrogens is 138 g/mol. The molecule has 2 aliphatic rings. The van der Waals surface area contributed by atoms with Crippen LogP contribution in [0.1, 0.15) is 25.7 Å². The summed E-state index contributed by atoms with van der Waals surface area (Å²) in [5, 5.41) is 8.83. The maximum Gasteiger partial charge on any atom is 0.0434 e. The molecule has 1 N–H and O–H groups in total. The lowest BCUT2D eigenvalue weighted by Crippen LogP contribution is -2.26. The summed E-state index contributed by atoms with van der Waals surface area (Å²) in [6.07, 6.45) is 5.11. The molecule has 2 aliphatic heterocycles. The molecule has 2 atom stereocenters. The van der Waals surface area contributed by atoms with E-state index in [0.717, 1.165) is 18.4 Å². The standard InChI is InChI=1S/C9H17NO/c11-7-4-8-3-6-10-5-1-2-9(8)10/h8-9,11H,1-7H2. The molecule has 0 bridgehead atoms. The van der Waals surface area contributed by atoms with E-state index in [-0.39, 0.29) is 0 Å². The Morgan fingerprint density at radius 2 is 2.18 bits per heavy atom. The summed E-state index contributed by atoms with van der Waals surface area (Å²) in [6.45, 7) is 2.98. The van der Waals surface area contributed by atoms with Gasteiger partial charge in [0.1, 0.15) is 0 Å². The molecule has 2 rings (SSSR count). The summed E-state index contributed by atoms with van der Waals surface area (Å²) >= 11 is 0. The van der Waals surface area contributed by atoms with Crippen LogP contribution in [0.3, 0.4) is 0 Å². The Morgan fingerprint density at radius 1 is 1.27 bits per heavy atom. The second-order valence-corrected chi connectivity index (χ2v) is 3.81. The third kappa shape index (κ3) is 1.30. The zero-order valence-corrected chi connectivity index (χ0v) is 7.00. The summed E-state index contributed by atoms with van der Waals surface area (Å²) in [4.78, 5) is 2.60. The first-order valence-corrected chi connectivity index (χ1v) is 4.76. The van der Waals surface area contributed by atoms with Crippen molar-refractivity contribution in [2.24, 2.45) is 5.92 Å². The van der Waals surface area contributed by atoms with Crippen molar-refractivity contribution in [1.29, 1.82) is 0 Å². The second kappa shape index (κ2) is 3.11. The van der Waals surface area contributed by atoms with Gasteiger partial charge < -0.3 is 10.0 Å². The van der Waals surface area contributed by atoms with Crippen molar-refractivity contribution < 1.29 is 5.11 Å². The van der Waals surface area contributed by atoms with E-state index in [0.29, 0.717) is 6.61 Å². The molecule has 0 aromatic rings. The summed E-state index contributed by atoms with van der Waals surface area (Å²) < 4.78 is 0. The van der Waals surface area contributed by atoms with Gasteiger partial charge in [-0.3, -0.25) is 0 Å². The molecular formula is C9H17NO. The molecule has 64 valence electrons. The van der Waals surface area contributed by atoms with Gasteiger partial charge in [-0.15, -0.1) is 0 Å². The van der Waals surface area contributed by atoms with Crippen molar-refractivity contribution in [1.82, 2.24) is 4.90 Å². The second-order valence-electron chi connectivity index (χ2n) is 3.81. The number of nitrogens with zero attached hydrogens (tertiary/aromatic N) is 1. The van der Waals surface area contributed by atoms with Crippen LogP contribution in [0.5, 0.6) is 0 Å². The highest BCUT2D eigenvalue weighted by Crippen LogP contribution is 2.34. The maximum absolute atomic E-state index is 8.83. The highest BCUT2D eigenvalue weighted by Gasteiger charge is 2.36. The van der Waals surface area contributed by atoms with Gasteiger partial charge in [0.05, 0.1) is 0 Å². The molecule has 11 heavy (non-hydrogen) atoms. The van der Waals surface area contributed by atoms with E-state index in [9.17, 15) is 0 Å². The van der Waals surface area contributed by atoms with Gasteiger partial charge in [-0.25, -0.2) is 0 Å². The minimum absolute atomic E-state index is 0.384. The number of aliphatic hydroxyl groups excluding tert-OH is 1. The van der Waals surface area contributed by atoms with Crippen LogP contribution >= 0.6 is 0 Å². The number of hydrogen-bond donors (Lipinski definition) is 1. The first-order chi connectivity index (χ1) is 5.42. The minimum atomic E-state index is 0.384. The van der Waals surface area contributed by atoms with Gasteiger partial charge in [0, 0.05) is 12.6 Å². The Labute approximate surface area is 68.2 Å².